The Labute approximate surface area is 129 Å². The van der Waals surface area contributed by atoms with E-state index in [4.69, 9.17) is 23.1 Å². The van der Waals surface area contributed by atoms with E-state index in [9.17, 15) is 10.1 Å². The van der Waals surface area contributed by atoms with Crippen molar-refractivity contribution in [3.8, 4) is 11.1 Å². The molecule has 8 heteroatoms. The van der Waals surface area contributed by atoms with Crippen LogP contribution in [0.3, 0.4) is 0 Å². The fourth-order valence-electron chi connectivity index (χ4n) is 2.22. The molecule has 0 atom stereocenters. The molecule has 0 fully saturated rings. The van der Waals surface area contributed by atoms with E-state index < -0.39 is 4.92 Å². The smallest absolute Gasteiger partial charge is 0.279 e. The topological polar surface area (TPSA) is 121 Å². The Balaban J connectivity index is 2.45. The summed E-state index contributed by atoms with van der Waals surface area (Å²) in [5.41, 5.74) is 12.8. The summed E-state index contributed by atoms with van der Waals surface area (Å²) < 4.78 is 0. The number of hydrogen-bond acceptors (Lipinski definition) is 6. The number of hydrogen-bond donors (Lipinski definition) is 2. The van der Waals surface area contributed by atoms with Crippen molar-refractivity contribution in [1.29, 1.82) is 0 Å². The number of nitro benzene ring substituents is 1. The Kier molecular flexibility index (Phi) is 3.26. The fraction of sp³-hybridized carbons (Fsp3) is 0. The highest BCUT2D eigenvalue weighted by atomic mass is 35.5. The Morgan fingerprint density at radius 1 is 1.09 bits per heavy atom. The summed E-state index contributed by atoms with van der Waals surface area (Å²) in [6, 6.07) is 9.57. The van der Waals surface area contributed by atoms with E-state index >= 15 is 0 Å². The standard InChI is InChI=1S/C14H10ClN5O2/c15-8-3-1-2-7(6-8)11-10(20(21)22)5-4-9-12(11)19-14(17)13(16)18-9/h1-6H,(H2,16,18)(H2,17,19). The van der Waals surface area contributed by atoms with Crippen molar-refractivity contribution in [3.05, 3.63) is 51.5 Å². The number of nitrogens with two attached hydrogens (primary N) is 2. The number of nitro groups is 1. The van der Waals surface area contributed by atoms with Crippen LogP contribution in [0, 0.1) is 10.1 Å². The lowest BCUT2D eigenvalue weighted by molar-refractivity contribution is -0.384. The second kappa shape index (κ2) is 5.12. The summed E-state index contributed by atoms with van der Waals surface area (Å²) >= 11 is 5.98. The molecule has 1 heterocycles. The number of fused-ring (bicyclic) bond motifs is 1. The van der Waals surface area contributed by atoms with Gasteiger partial charge in [0.1, 0.15) is 5.52 Å². The van der Waals surface area contributed by atoms with E-state index in [1.807, 2.05) is 0 Å². The summed E-state index contributed by atoms with van der Waals surface area (Å²) in [5, 5.41) is 11.8. The number of halogens is 1. The van der Waals surface area contributed by atoms with E-state index in [2.05, 4.69) is 9.97 Å². The lowest BCUT2D eigenvalue weighted by Crippen LogP contribution is -2.03. The summed E-state index contributed by atoms with van der Waals surface area (Å²) in [5.74, 6) is 0.106. The van der Waals surface area contributed by atoms with Crippen LogP contribution in [0.4, 0.5) is 17.3 Å². The van der Waals surface area contributed by atoms with Gasteiger partial charge >= 0.3 is 0 Å². The first-order valence-electron chi connectivity index (χ1n) is 6.23. The van der Waals surface area contributed by atoms with Gasteiger partial charge in [-0.3, -0.25) is 10.1 Å². The van der Waals surface area contributed by atoms with Gasteiger partial charge in [-0.25, -0.2) is 9.97 Å². The van der Waals surface area contributed by atoms with Crippen LogP contribution < -0.4 is 11.5 Å². The molecule has 0 spiro atoms. The minimum absolute atomic E-state index is 0.0243. The molecule has 1 aromatic heterocycles. The molecule has 0 amide bonds. The second-order valence-corrected chi connectivity index (χ2v) is 5.03. The molecular weight excluding hydrogens is 306 g/mol. The van der Waals surface area contributed by atoms with Gasteiger partial charge in [0.2, 0.25) is 0 Å². The largest absolute Gasteiger partial charge is 0.381 e. The molecule has 3 aromatic rings. The highest BCUT2D eigenvalue weighted by molar-refractivity contribution is 6.31. The van der Waals surface area contributed by atoms with Crippen molar-refractivity contribution in [2.75, 3.05) is 11.5 Å². The van der Waals surface area contributed by atoms with E-state index in [0.717, 1.165) is 0 Å². The number of anilines is 2. The zero-order valence-corrected chi connectivity index (χ0v) is 11.9. The highest BCUT2D eigenvalue weighted by Crippen LogP contribution is 2.37. The molecule has 0 saturated carbocycles. The molecule has 0 aliphatic heterocycles. The molecule has 3 rings (SSSR count). The van der Waals surface area contributed by atoms with Crippen molar-refractivity contribution in [2.45, 2.75) is 0 Å². The Morgan fingerprint density at radius 3 is 2.50 bits per heavy atom. The van der Waals surface area contributed by atoms with Gasteiger partial charge in [0, 0.05) is 11.1 Å². The monoisotopic (exact) mass is 315 g/mol. The summed E-state index contributed by atoms with van der Waals surface area (Å²) in [6.45, 7) is 0. The van der Waals surface area contributed by atoms with Gasteiger partial charge in [-0.15, -0.1) is 0 Å². The molecule has 0 aliphatic rings. The number of nitrogens with zero attached hydrogens (tertiary/aromatic N) is 3. The van der Waals surface area contributed by atoms with E-state index in [-0.39, 0.29) is 17.3 Å². The summed E-state index contributed by atoms with van der Waals surface area (Å²) in [4.78, 5) is 19.1. The van der Waals surface area contributed by atoms with Gasteiger partial charge in [-0.2, -0.15) is 0 Å². The second-order valence-electron chi connectivity index (χ2n) is 4.59. The van der Waals surface area contributed by atoms with Gasteiger partial charge < -0.3 is 11.5 Å². The summed E-state index contributed by atoms with van der Waals surface area (Å²) in [6.07, 6.45) is 0. The maximum absolute atomic E-state index is 11.3. The van der Waals surface area contributed by atoms with Crippen LogP contribution in [0.2, 0.25) is 5.02 Å². The van der Waals surface area contributed by atoms with Crippen LogP contribution in [0.25, 0.3) is 22.2 Å². The number of rotatable bonds is 2. The molecule has 7 nitrogen and oxygen atoms in total. The number of benzene rings is 2. The highest BCUT2D eigenvalue weighted by Gasteiger charge is 2.21. The fourth-order valence-corrected chi connectivity index (χ4v) is 2.41. The van der Waals surface area contributed by atoms with Crippen LogP contribution in [-0.4, -0.2) is 14.9 Å². The van der Waals surface area contributed by atoms with E-state index in [0.29, 0.717) is 27.2 Å². The molecular formula is C14H10ClN5O2. The molecule has 4 N–H and O–H groups in total. The third-order valence-electron chi connectivity index (χ3n) is 3.18. The maximum atomic E-state index is 11.3. The molecule has 0 radical (unpaired) electrons. The predicted molar refractivity (Wildman–Crippen MR) is 85.5 cm³/mol. The van der Waals surface area contributed by atoms with Crippen molar-refractivity contribution >= 4 is 40.0 Å². The Bertz CT molecular complexity index is 913. The van der Waals surface area contributed by atoms with Crippen LogP contribution in [-0.2, 0) is 0 Å². The molecule has 0 unspecified atom stereocenters. The third kappa shape index (κ3) is 2.27. The minimum Gasteiger partial charge on any atom is -0.381 e. The molecule has 110 valence electrons. The average Bonchev–Trinajstić information content (AvgIpc) is 2.47. The van der Waals surface area contributed by atoms with Crippen LogP contribution >= 0.6 is 11.6 Å². The first-order chi connectivity index (χ1) is 10.5. The van der Waals surface area contributed by atoms with Gasteiger partial charge in [0.05, 0.1) is 16.0 Å². The first-order valence-corrected chi connectivity index (χ1v) is 6.61. The van der Waals surface area contributed by atoms with Gasteiger partial charge in [-0.1, -0.05) is 23.7 Å². The normalized spacial score (nSPS) is 10.8. The predicted octanol–water partition coefficient (Wildman–Crippen LogP) is 3.02. The van der Waals surface area contributed by atoms with Crippen LogP contribution in [0.1, 0.15) is 0 Å². The van der Waals surface area contributed by atoms with Crippen molar-refractivity contribution in [3.63, 3.8) is 0 Å². The van der Waals surface area contributed by atoms with Crippen LogP contribution in [0.15, 0.2) is 36.4 Å². The maximum Gasteiger partial charge on any atom is 0.279 e. The number of aromatic nitrogens is 2. The lowest BCUT2D eigenvalue weighted by atomic mass is 10.0. The average molecular weight is 316 g/mol. The Hall–Kier alpha value is -2.93. The summed E-state index contributed by atoms with van der Waals surface area (Å²) in [7, 11) is 0. The molecule has 0 saturated heterocycles. The lowest BCUT2D eigenvalue weighted by Gasteiger charge is -2.09. The van der Waals surface area contributed by atoms with Gasteiger partial charge in [0.15, 0.2) is 11.6 Å². The van der Waals surface area contributed by atoms with Crippen molar-refractivity contribution in [1.82, 2.24) is 9.97 Å². The zero-order chi connectivity index (χ0) is 15.9. The van der Waals surface area contributed by atoms with Crippen molar-refractivity contribution < 1.29 is 4.92 Å². The molecule has 0 aliphatic carbocycles. The minimum atomic E-state index is -0.482. The van der Waals surface area contributed by atoms with Crippen LogP contribution in [0.5, 0.6) is 0 Å². The van der Waals surface area contributed by atoms with Gasteiger partial charge in [-0.05, 0) is 23.8 Å². The Morgan fingerprint density at radius 2 is 1.82 bits per heavy atom. The first kappa shape index (κ1) is 14.0. The number of nitrogen functional groups attached to an aromatic ring is 2. The molecule has 22 heavy (non-hydrogen) atoms. The molecule has 2 aromatic carbocycles. The SMILES string of the molecule is Nc1nc2ccc([N+](=O)[O-])c(-c3cccc(Cl)c3)c2nc1N. The third-order valence-corrected chi connectivity index (χ3v) is 3.42. The van der Waals surface area contributed by atoms with E-state index in [1.54, 1.807) is 24.3 Å². The van der Waals surface area contributed by atoms with Crippen molar-refractivity contribution in [2.24, 2.45) is 0 Å². The molecule has 0 bridgehead atoms. The quantitative estimate of drug-likeness (QED) is 0.553. The zero-order valence-electron chi connectivity index (χ0n) is 11.2. The van der Waals surface area contributed by atoms with E-state index in [1.165, 1.54) is 12.1 Å². The van der Waals surface area contributed by atoms with Gasteiger partial charge in [0.25, 0.3) is 5.69 Å².